The van der Waals surface area contributed by atoms with Gasteiger partial charge in [-0.05, 0) is 24.2 Å². The van der Waals surface area contributed by atoms with Crippen molar-refractivity contribution in [2.24, 2.45) is 0 Å². The van der Waals surface area contributed by atoms with E-state index in [1.807, 2.05) is 6.20 Å². The summed E-state index contributed by atoms with van der Waals surface area (Å²) in [6, 6.07) is 6.62. The summed E-state index contributed by atoms with van der Waals surface area (Å²) in [5.41, 5.74) is 2.56. The van der Waals surface area contributed by atoms with Crippen LogP contribution in [-0.2, 0) is 19.6 Å². The number of nitrogens with zero attached hydrogens (tertiary/aromatic N) is 3. The minimum atomic E-state index is 0.881. The molecule has 2 heterocycles. The molecule has 0 bridgehead atoms. The zero-order chi connectivity index (χ0) is 13.9. The molecule has 0 fully saturated rings. The van der Waals surface area contributed by atoms with Gasteiger partial charge in [-0.3, -0.25) is 0 Å². The van der Waals surface area contributed by atoms with Crippen LogP contribution in [0.2, 0.25) is 0 Å². The minimum Gasteiger partial charge on any atom is -0.362 e. The van der Waals surface area contributed by atoms with Crippen LogP contribution in [0.3, 0.4) is 0 Å². The highest BCUT2D eigenvalue weighted by Gasteiger charge is 2.17. The van der Waals surface area contributed by atoms with E-state index in [1.165, 1.54) is 15.7 Å². The van der Waals surface area contributed by atoms with E-state index in [1.54, 1.807) is 0 Å². The van der Waals surface area contributed by atoms with Gasteiger partial charge in [-0.25, -0.2) is 4.98 Å². The summed E-state index contributed by atoms with van der Waals surface area (Å²) >= 11 is 3.68. The van der Waals surface area contributed by atoms with E-state index in [-0.39, 0.29) is 0 Å². The molecule has 0 atom stereocenters. The molecule has 1 aliphatic rings. The number of aromatic nitrogens is 2. The predicted octanol–water partition coefficient (Wildman–Crippen LogP) is 2.78. The van der Waals surface area contributed by atoms with Gasteiger partial charge in [-0.2, -0.15) is 0 Å². The van der Waals surface area contributed by atoms with Crippen LogP contribution in [0.25, 0.3) is 0 Å². The van der Waals surface area contributed by atoms with Gasteiger partial charge in [0.05, 0.1) is 6.54 Å². The summed E-state index contributed by atoms with van der Waals surface area (Å²) in [6.45, 7) is 6.93. The summed E-state index contributed by atoms with van der Waals surface area (Å²) in [5, 5.41) is 3.36. The average Bonchev–Trinajstić information content (AvgIpc) is 2.93. The van der Waals surface area contributed by atoms with Crippen molar-refractivity contribution >= 4 is 21.6 Å². The fourth-order valence-corrected chi connectivity index (χ4v) is 3.04. The molecule has 1 aliphatic heterocycles. The van der Waals surface area contributed by atoms with E-state index in [0.717, 1.165) is 38.5 Å². The standard InChI is InChI=1S/C15H19BrN4/c1-2-17-10-12-3-4-13(9-14(12)16)20-8-7-19-6-5-18-15(19)11-20/h3-6,9,17H,2,7-8,10-11H2,1H3. The van der Waals surface area contributed by atoms with Crippen LogP contribution >= 0.6 is 15.9 Å². The summed E-state index contributed by atoms with van der Waals surface area (Å²) in [7, 11) is 0. The molecule has 0 unspecified atom stereocenters. The molecule has 2 aromatic rings. The van der Waals surface area contributed by atoms with E-state index in [2.05, 4.69) is 67.0 Å². The average molecular weight is 335 g/mol. The molecule has 0 amide bonds. The van der Waals surface area contributed by atoms with Gasteiger partial charge in [0.2, 0.25) is 0 Å². The summed E-state index contributed by atoms with van der Waals surface area (Å²) in [5.74, 6) is 1.14. The number of nitrogens with one attached hydrogen (secondary N) is 1. The number of rotatable bonds is 4. The summed E-state index contributed by atoms with van der Waals surface area (Å²) < 4.78 is 3.40. The van der Waals surface area contributed by atoms with Gasteiger partial charge in [-0.1, -0.05) is 28.9 Å². The first-order chi connectivity index (χ1) is 9.78. The molecular weight excluding hydrogens is 316 g/mol. The Bertz CT molecular complexity index is 593. The smallest absolute Gasteiger partial charge is 0.128 e. The quantitative estimate of drug-likeness (QED) is 0.933. The Morgan fingerprint density at radius 2 is 2.25 bits per heavy atom. The van der Waals surface area contributed by atoms with Crippen molar-refractivity contribution in [3.8, 4) is 0 Å². The largest absolute Gasteiger partial charge is 0.362 e. The third-order valence-corrected chi connectivity index (χ3v) is 4.45. The second kappa shape index (κ2) is 5.97. The lowest BCUT2D eigenvalue weighted by Crippen LogP contribution is -2.33. The number of imidazole rings is 1. The van der Waals surface area contributed by atoms with E-state index in [9.17, 15) is 0 Å². The van der Waals surface area contributed by atoms with Gasteiger partial charge < -0.3 is 14.8 Å². The molecule has 0 spiro atoms. The highest BCUT2D eigenvalue weighted by molar-refractivity contribution is 9.10. The number of halogens is 1. The highest BCUT2D eigenvalue weighted by Crippen LogP contribution is 2.26. The number of fused-ring (bicyclic) bond motifs is 1. The second-order valence-corrected chi connectivity index (χ2v) is 5.87. The van der Waals surface area contributed by atoms with Gasteiger partial charge >= 0.3 is 0 Å². The van der Waals surface area contributed by atoms with Gasteiger partial charge in [-0.15, -0.1) is 0 Å². The molecule has 3 rings (SSSR count). The number of hydrogen-bond donors (Lipinski definition) is 1. The molecule has 1 aromatic carbocycles. The topological polar surface area (TPSA) is 33.1 Å². The van der Waals surface area contributed by atoms with Crippen molar-refractivity contribution in [1.82, 2.24) is 14.9 Å². The molecule has 1 aromatic heterocycles. The third-order valence-electron chi connectivity index (χ3n) is 3.71. The Balaban J connectivity index is 1.76. The van der Waals surface area contributed by atoms with Crippen molar-refractivity contribution in [1.29, 1.82) is 0 Å². The number of benzene rings is 1. The van der Waals surface area contributed by atoms with Crippen LogP contribution in [0, 0.1) is 0 Å². The number of anilines is 1. The predicted molar refractivity (Wildman–Crippen MR) is 84.8 cm³/mol. The van der Waals surface area contributed by atoms with Crippen LogP contribution in [-0.4, -0.2) is 22.6 Å². The van der Waals surface area contributed by atoms with Crippen molar-refractivity contribution in [3.05, 3.63) is 46.5 Å². The second-order valence-electron chi connectivity index (χ2n) is 5.01. The van der Waals surface area contributed by atoms with Crippen LogP contribution in [0.5, 0.6) is 0 Å². The summed E-state index contributed by atoms with van der Waals surface area (Å²) in [6.07, 6.45) is 3.94. The van der Waals surface area contributed by atoms with Crippen molar-refractivity contribution < 1.29 is 0 Å². The fourth-order valence-electron chi connectivity index (χ4n) is 2.53. The minimum absolute atomic E-state index is 0.881. The Hall–Kier alpha value is -1.33. The fraction of sp³-hybridized carbons (Fsp3) is 0.400. The molecule has 0 saturated carbocycles. The molecule has 0 saturated heterocycles. The lowest BCUT2D eigenvalue weighted by Gasteiger charge is -2.30. The molecule has 0 aliphatic carbocycles. The molecule has 106 valence electrons. The first-order valence-corrected chi connectivity index (χ1v) is 7.81. The first-order valence-electron chi connectivity index (χ1n) is 7.02. The lowest BCUT2D eigenvalue weighted by atomic mass is 10.2. The maximum Gasteiger partial charge on any atom is 0.128 e. The molecule has 1 N–H and O–H groups in total. The zero-order valence-electron chi connectivity index (χ0n) is 11.6. The molecule has 4 nitrogen and oxygen atoms in total. The van der Waals surface area contributed by atoms with Gasteiger partial charge in [0.1, 0.15) is 5.82 Å². The van der Waals surface area contributed by atoms with Crippen LogP contribution in [0.4, 0.5) is 5.69 Å². The Kier molecular flexibility index (Phi) is 4.08. The van der Waals surface area contributed by atoms with E-state index in [0.29, 0.717) is 0 Å². The molecular formula is C15H19BrN4. The first kappa shape index (κ1) is 13.6. The van der Waals surface area contributed by atoms with Gasteiger partial charge in [0.25, 0.3) is 0 Å². The Morgan fingerprint density at radius 1 is 1.35 bits per heavy atom. The van der Waals surface area contributed by atoms with Crippen LogP contribution in [0.15, 0.2) is 35.1 Å². The monoisotopic (exact) mass is 334 g/mol. The third kappa shape index (κ3) is 2.74. The summed E-state index contributed by atoms with van der Waals surface area (Å²) in [4.78, 5) is 6.79. The van der Waals surface area contributed by atoms with Crippen LogP contribution < -0.4 is 10.2 Å². The molecule has 20 heavy (non-hydrogen) atoms. The highest BCUT2D eigenvalue weighted by atomic mass is 79.9. The normalized spacial score (nSPS) is 14.4. The maximum atomic E-state index is 4.41. The Labute approximate surface area is 127 Å². The maximum absolute atomic E-state index is 4.41. The SMILES string of the molecule is CCNCc1ccc(N2CCn3ccnc3C2)cc1Br. The number of hydrogen-bond acceptors (Lipinski definition) is 3. The molecule has 5 heteroatoms. The van der Waals surface area contributed by atoms with Crippen molar-refractivity contribution in [2.45, 2.75) is 26.6 Å². The van der Waals surface area contributed by atoms with Gasteiger partial charge in [0.15, 0.2) is 0 Å². The van der Waals surface area contributed by atoms with Crippen molar-refractivity contribution in [2.75, 3.05) is 18.0 Å². The Morgan fingerprint density at radius 3 is 3.05 bits per heavy atom. The van der Waals surface area contributed by atoms with Gasteiger partial charge in [0, 0.05) is 42.2 Å². The van der Waals surface area contributed by atoms with Crippen molar-refractivity contribution in [3.63, 3.8) is 0 Å². The van der Waals surface area contributed by atoms with E-state index in [4.69, 9.17) is 0 Å². The van der Waals surface area contributed by atoms with Crippen LogP contribution in [0.1, 0.15) is 18.3 Å². The van der Waals surface area contributed by atoms with E-state index >= 15 is 0 Å². The van der Waals surface area contributed by atoms with E-state index < -0.39 is 0 Å². The lowest BCUT2D eigenvalue weighted by molar-refractivity contribution is 0.560. The molecule has 0 radical (unpaired) electrons. The zero-order valence-corrected chi connectivity index (χ0v) is 13.2.